The van der Waals surface area contributed by atoms with E-state index in [1.54, 1.807) is 60.7 Å². The van der Waals surface area contributed by atoms with Gasteiger partial charge in [-0.3, -0.25) is 19.2 Å². The Kier molecular flexibility index (Phi) is 11.4. The topological polar surface area (TPSA) is 234 Å². The minimum absolute atomic E-state index is 0.0230. The van der Waals surface area contributed by atoms with E-state index in [2.05, 4.69) is 5.32 Å². The lowest BCUT2D eigenvalue weighted by molar-refractivity contribution is -0.346. The fourth-order valence-corrected chi connectivity index (χ4v) is 9.99. The first-order chi connectivity index (χ1) is 28.8. The number of nitrogens with one attached hydrogen (secondary N) is 1. The molecule has 11 atom stereocenters. The summed E-state index contributed by atoms with van der Waals surface area (Å²) in [5.41, 5.74) is -7.23. The Morgan fingerprint density at radius 1 is 0.885 bits per heavy atom. The first-order valence-electron chi connectivity index (χ1n) is 20.0. The van der Waals surface area contributed by atoms with Gasteiger partial charge < -0.3 is 48.7 Å². The molecular weight excluding hydrogens is 794 g/mol. The van der Waals surface area contributed by atoms with E-state index in [9.17, 15) is 39.3 Å². The number of hydrogen-bond acceptors (Lipinski definition) is 15. The molecule has 1 unspecified atom stereocenters. The minimum atomic E-state index is -2.42. The monoisotopic (exact) mass is 843 g/mol. The maximum absolute atomic E-state index is 15.4. The Bertz CT molecular complexity index is 2240. The van der Waals surface area contributed by atoms with Crippen molar-refractivity contribution in [2.24, 2.45) is 16.7 Å². The van der Waals surface area contributed by atoms with E-state index < -0.39 is 113 Å². The van der Waals surface area contributed by atoms with Crippen LogP contribution in [-0.2, 0) is 42.9 Å². The first kappa shape index (κ1) is 43.4. The van der Waals surface area contributed by atoms with Crippen LogP contribution < -0.4 is 5.32 Å². The third-order valence-electron chi connectivity index (χ3n) is 13.2. The van der Waals surface area contributed by atoms with Gasteiger partial charge in [0.15, 0.2) is 23.6 Å². The molecule has 16 heteroatoms. The SMILES string of the molecule is CC(=O)O[C@H]1C(=O)[C@]2(C)[C@@H](O)CC3OC[C@@]3(OC(C)=O)[C@H]2[C@H](OC(=O)c2ccco2)[C@]2(O)C[C@H](OC(=O)[C@H](O)[C@@H](NC(=O)c3ccccc3)c3ccccc3)C(C)=C1C2(C)C. The summed E-state index contributed by atoms with van der Waals surface area (Å²) in [6.07, 6.45) is -9.44. The van der Waals surface area contributed by atoms with Crippen molar-refractivity contribution in [1.29, 1.82) is 0 Å². The van der Waals surface area contributed by atoms with Crippen LogP contribution in [-0.4, -0.2) is 105 Å². The van der Waals surface area contributed by atoms with Gasteiger partial charge in [0, 0.05) is 37.7 Å². The molecule has 7 rings (SSSR count). The van der Waals surface area contributed by atoms with Crippen LogP contribution in [0.3, 0.4) is 0 Å². The summed E-state index contributed by atoms with van der Waals surface area (Å²) < 4.78 is 35.4. The molecule has 3 fully saturated rings. The summed E-state index contributed by atoms with van der Waals surface area (Å²) in [7, 11) is 0. The van der Waals surface area contributed by atoms with Gasteiger partial charge in [0.05, 0.1) is 36.3 Å². The van der Waals surface area contributed by atoms with Gasteiger partial charge in [0.2, 0.25) is 5.76 Å². The molecule has 0 radical (unpaired) electrons. The van der Waals surface area contributed by atoms with Crippen molar-refractivity contribution in [3.63, 3.8) is 0 Å². The lowest BCUT2D eigenvalue weighted by Crippen LogP contribution is -2.82. The molecule has 3 aliphatic carbocycles. The summed E-state index contributed by atoms with van der Waals surface area (Å²) in [4.78, 5) is 83.0. The summed E-state index contributed by atoms with van der Waals surface area (Å²) in [6.45, 7) is 7.85. The number of furan rings is 1. The highest BCUT2D eigenvalue weighted by atomic mass is 16.6. The summed E-state index contributed by atoms with van der Waals surface area (Å²) in [6, 6.07) is 17.8. The van der Waals surface area contributed by atoms with Crippen molar-refractivity contribution in [3.8, 4) is 0 Å². The average molecular weight is 844 g/mol. The molecule has 2 aromatic carbocycles. The van der Waals surface area contributed by atoms with Crippen molar-refractivity contribution in [1.82, 2.24) is 5.32 Å². The van der Waals surface area contributed by atoms with E-state index in [0.29, 0.717) is 5.56 Å². The minimum Gasteiger partial charge on any atom is -0.457 e. The fourth-order valence-electron chi connectivity index (χ4n) is 9.99. The third kappa shape index (κ3) is 7.14. The molecule has 1 aromatic heterocycles. The van der Waals surface area contributed by atoms with Crippen molar-refractivity contribution in [2.45, 2.75) is 108 Å². The van der Waals surface area contributed by atoms with Gasteiger partial charge in [-0.1, -0.05) is 62.4 Å². The van der Waals surface area contributed by atoms with Crippen LogP contribution in [0.1, 0.15) is 86.9 Å². The van der Waals surface area contributed by atoms with Crippen molar-refractivity contribution in [3.05, 3.63) is 107 Å². The zero-order valence-corrected chi connectivity index (χ0v) is 34.5. The predicted molar refractivity (Wildman–Crippen MR) is 210 cm³/mol. The number of aliphatic hydroxyl groups is 3. The van der Waals surface area contributed by atoms with Gasteiger partial charge >= 0.3 is 23.9 Å². The molecule has 16 nitrogen and oxygen atoms in total. The van der Waals surface area contributed by atoms with Gasteiger partial charge in [-0.05, 0) is 54.8 Å². The van der Waals surface area contributed by atoms with Crippen LogP contribution in [0.4, 0.5) is 0 Å². The molecule has 324 valence electrons. The normalized spacial score (nSPS) is 32.2. The molecule has 1 saturated heterocycles. The number of ether oxygens (including phenoxy) is 5. The number of fused-ring (bicyclic) bond motifs is 5. The van der Waals surface area contributed by atoms with Crippen LogP contribution in [0.15, 0.2) is 94.6 Å². The number of esters is 4. The smallest absolute Gasteiger partial charge is 0.374 e. The number of benzene rings is 2. The van der Waals surface area contributed by atoms with E-state index in [1.165, 1.54) is 46.1 Å². The van der Waals surface area contributed by atoms with E-state index >= 15 is 4.79 Å². The van der Waals surface area contributed by atoms with E-state index in [4.69, 9.17) is 28.1 Å². The van der Waals surface area contributed by atoms with Gasteiger partial charge in [-0.2, -0.15) is 0 Å². The molecule has 4 aliphatic rings. The number of carbonyl (C=O) groups is 6. The first-order valence-corrected chi connectivity index (χ1v) is 20.0. The lowest BCUT2D eigenvalue weighted by Gasteiger charge is -2.67. The van der Waals surface area contributed by atoms with Crippen molar-refractivity contribution >= 4 is 35.6 Å². The Balaban J connectivity index is 1.38. The summed E-state index contributed by atoms with van der Waals surface area (Å²) >= 11 is 0. The lowest BCUT2D eigenvalue weighted by atomic mass is 9.44. The molecule has 4 N–H and O–H groups in total. The summed E-state index contributed by atoms with van der Waals surface area (Å²) in [5.74, 6) is -7.38. The third-order valence-corrected chi connectivity index (χ3v) is 13.2. The Labute approximate surface area is 351 Å². The molecule has 1 aliphatic heterocycles. The Morgan fingerprint density at radius 3 is 2.11 bits per heavy atom. The highest BCUT2D eigenvalue weighted by Crippen LogP contribution is 2.64. The highest BCUT2D eigenvalue weighted by Gasteiger charge is 2.78. The average Bonchev–Trinajstić information content (AvgIpc) is 3.77. The van der Waals surface area contributed by atoms with Gasteiger partial charge in [0.1, 0.15) is 23.9 Å². The molecular formula is C45H49NO15. The van der Waals surface area contributed by atoms with Crippen molar-refractivity contribution in [2.75, 3.05) is 6.61 Å². The quantitative estimate of drug-likeness (QED) is 0.130. The molecule has 3 aromatic rings. The second-order valence-electron chi connectivity index (χ2n) is 17.0. The number of hydrogen-bond donors (Lipinski definition) is 4. The zero-order chi connectivity index (χ0) is 44.2. The largest absolute Gasteiger partial charge is 0.457 e. The molecule has 2 saturated carbocycles. The molecule has 2 heterocycles. The zero-order valence-electron chi connectivity index (χ0n) is 34.5. The fraction of sp³-hybridized carbons (Fsp3) is 0.467. The predicted octanol–water partition coefficient (Wildman–Crippen LogP) is 3.33. The number of Topliss-reactive ketones (excluding diaryl/α,β-unsaturated/α-hetero) is 1. The maximum Gasteiger partial charge on any atom is 0.374 e. The van der Waals surface area contributed by atoms with E-state index in [0.717, 1.165) is 13.8 Å². The molecule has 2 bridgehead atoms. The maximum atomic E-state index is 15.4. The molecule has 0 spiro atoms. The van der Waals surface area contributed by atoms with Crippen molar-refractivity contribution < 1.29 is 72.2 Å². The number of ketones is 1. The summed E-state index contributed by atoms with van der Waals surface area (Å²) in [5, 5.41) is 40.1. The Morgan fingerprint density at radius 2 is 1.54 bits per heavy atom. The van der Waals surface area contributed by atoms with Crippen LogP contribution in [0.25, 0.3) is 0 Å². The number of aliphatic hydroxyl groups excluding tert-OH is 2. The second-order valence-corrected chi connectivity index (χ2v) is 17.0. The van der Waals surface area contributed by atoms with E-state index in [-0.39, 0.29) is 35.5 Å². The number of carbonyl (C=O) groups excluding carboxylic acids is 6. The van der Waals surface area contributed by atoms with Gasteiger partial charge in [-0.25, -0.2) is 9.59 Å². The number of rotatable bonds is 10. The van der Waals surface area contributed by atoms with E-state index in [1.807, 2.05) is 0 Å². The van der Waals surface area contributed by atoms with Crippen LogP contribution in [0, 0.1) is 16.7 Å². The standard InChI is InChI=1S/C45H49NO15/c1-23-29(59-41(54)34(50)33(26-14-9-7-10-15-26)46-39(52)27-16-11-8-12-17-27)21-45(55)38(60-40(53)28-18-13-19-56-28)36-43(6,30(49)20-31-44(36,22-57-31)61-25(3)48)37(51)35(58-24(2)47)32(23)42(45,4)5/h7-19,29-31,33-36,38,49-50,55H,20-22H2,1-6H3,(H,46,52)/t29-,30-,31?,33-,34+,35+,36-,38-,43+,44-,45+/m0/s1. The second kappa shape index (κ2) is 16.0. The van der Waals surface area contributed by atoms with Crippen LogP contribution >= 0.6 is 0 Å². The highest BCUT2D eigenvalue weighted by molar-refractivity contribution is 5.96. The van der Waals surface area contributed by atoms with Gasteiger partial charge in [0.25, 0.3) is 5.91 Å². The Hall–Kier alpha value is -5.68. The number of amides is 1. The molecule has 1 amide bonds. The van der Waals surface area contributed by atoms with Crippen LogP contribution in [0.5, 0.6) is 0 Å². The molecule has 61 heavy (non-hydrogen) atoms. The van der Waals surface area contributed by atoms with Gasteiger partial charge in [-0.15, -0.1) is 0 Å². The van der Waals surface area contributed by atoms with Crippen LogP contribution in [0.2, 0.25) is 0 Å².